The zero-order chi connectivity index (χ0) is 12.2. The van der Waals surface area contributed by atoms with Crippen molar-refractivity contribution in [3.63, 3.8) is 0 Å². The molecule has 1 rings (SSSR count). The van der Waals surface area contributed by atoms with Gasteiger partial charge in [0, 0.05) is 13.6 Å². The molecule has 0 atom stereocenters. The Balaban J connectivity index is 2.54. The van der Waals surface area contributed by atoms with Gasteiger partial charge in [-0.15, -0.1) is 0 Å². The van der Waals surface area contributed by atoms with Crippen LogP contribution < -0.4 is 5.32 Å². The first-order valence-corrected chi connectivity index (χ1v) is 5.49. The minimum absolute atomic E-state index is 0.0239. The van der Waals surface area contributed by atoms with Gasteiger partial charge in [0.1, 0.15) is 5.41 Å². The van der Waals surface area contributed by atoms with Crippen LogP contribution in [0.25, 0.3) is 0 Å². The summed E-state index contributed by atoms with van der Waals surface area (Å²) in [6, 6.07) is 2.08. The first-order chi connectivity index (χ1) is 7.55. The van der Waals surface area contributed by atoms with Gasteiger partial charge >= 0.3 is 0 Å². The van der Waals surface area contributed by atoms with E-state index in [0.717, 1.165) is 6.42 Å². The predicted octanol–water partition coefficient (Wildman–Crippen LogP) is 0.275. The van der Waals surface area contributed by atoms with E-state index in [0.29, 0.717) is 19.4 Å². The maximum Gasteiger partial charge on any atom is 0.243 e. The lowest BCUT2D eigenvalue weighted by molar-refractivity contribution is -0.144. The summed E-state index contributed by atoms with van der Waals surface area (Å²) in [5.74, 6) is -0.418. The topological polar surface area (TPSA) is 73.2 Å². The third kappa shape index (κ3) is 2.32. The summed E-state index contributed by atoms with van der Waals surface area (Å²) < 4.78 is 0. The summed E-state index contributed by atoms with van der Waals surface area (Å²) in [4.78, 5) is 24.6. The van der Waals surface area contributed by atoms with E-state index in [1.54, 1.807) is 7.05 Å². The molecular weight excluding hydrogens is 206 g/mol. The maximum atomic E-state index is 11.9. The van der Waals surface area contributed by atoms with Crippen molar-refractivity contribution in [1.82, 2.24) is 10.2 Å². The molecule has 1 N–H and O–H groups in total. The number of hydrogen-bond donors (Lipinski definition) is 1. The lowest BCUT2D eigenvalue weighted by atomic mass is 9.69. The van der Waals surface area contributed by atoms with E-state index >= 15 is 0 Å². The zero-order valence-electron chi connectivity index (χ0n) is 9.75. The van der Waals surface area contributed by atoms with Crippen LogP contribution in [0, 0.1) is 16.7 Å². The Bertz CT molecular complexity index is 329. The van der Waals surface area contributed by atoms with E-state index in [4.69, 9.17) is 5.26 Å². The van der Waals surface area contributed by atoms with Gasteiger partial charge in [-0.05, 0) is 26.2 Å². The number of hydrogen-bond acceptors (Lipinski definition) is 3. The normalized spacial score (nSPS) is 16.8. The lowest BCUT2D eigenvalue weighted by Gasteiger charge is -2.36. The van der Waals surface area contributed by atoms with Crippen LogP contribution in [0.4, 0.5) is 0 Å². The summed E-state index contributed by atoms with van der Waals surface area (Å²) in [6.07, 6.45) is 2.14. The number of amides is 2. The van der Waals surface area contributed by atoms with Crippen LogP contribution in [0.2, 0.25) is 0 Å². The Morgan fingerprint density at radius 3 is 2.50 bits per heavy atom. The zero-order valence-corrected chi connectivity index (χ0v) is 9.75. The third-order valence-corrected chi connectivity index (χ3v) is 2.93. The van der Waals surface area contributed by atoms with Crippen molar-refractivity contribution in [2.75, 3.05) is 20.1 Å². The molecule has 0 saturated heterocycles. The fourth-order valence-corrected chi connectivity index (χ4v) is 1.81. The molecule has 0 aromatic heterocycles. The number of likely N-dealkylation sites (N-methyl/N-ethyl adjacent to an activating group) is 2. The molecule has 5 heteroatoms. The van der Waals surface area contributed by atoms with Gasteiger partial charge in [-0.2, -0.15) is 5.26 Å². The predicted molar refractivity (Wildman–Crippen MR) is 58.2 cm³/mol. The molecule has 16 heavy (non-hydrogen) atoms. The average molecular weight is 223 g/mol. The van der Waals surface area contributed by atoms with Gasteiger partial charge in [-0.1, -0.05) is 0 Å². The second-order valence-electron chi connectivity index (χ2n) is 4.16. The molecule has 0 unspecified atom stereocenters. The third-order valence-electron chi connectivity index (χ3n) is 2.93. The van der Waals surface area contributed by atoms with Crippen molar-refractivity contribution in [3.05, 3.63) is 0 Å². The molecule has 1 saturated carbocycles. The number of carbonyl (C=O) groups excluding carboxylic acids is 2. The van der Waals surface area contributed by atoms with Gasteiger partial charge in [-0.25, -0.2) is 0 Å². The molecule has 0 aliphatic heterocycles. The number of nitriles is 1. The van der Waals surface area contributed by atoms with Crippen LogP contribution >= 0.6 is 0 Å². The van der Waals surface area contributed by atoms with Crippen molar-refractivity contribution >= 4 is 11.8 Å². The van der Waals surface area contributed by atoms with E-state index in [2.05, 4.69) is 11.4 Å². The minimum Gasteiger partial charge on any atom is -0.355 e. The Kier molecular flexibility index (Phi) is 3.88. The molecule has 0 spiro atoms. The van der Waals surface area contributed by atoms with Crippen LogP contribution in [0.5, 0.6) is 0 Å². The van der Waals surface area contributed by atoms with E-state index < -0.39 is 5.41 Å². The fourth-order valence-electron chi connectivity index (χ4n) is 1.81. The van der Waals surface area contributed by atoms with Crippen LogP contribution in [0.3, 0.4) is 0 Å². The summed E-state index contributed by atoms with van der Waals surface area (Å²) in [6.45, 7) is 2.39. The molecule has 0 aromatic carbocycles. The van der Waals surface area contributed by atoms with Gasteiger partial charge in [0.15, 0.2) is 0 Å². The van der Waals surface area contributed by atoms with Gasteiger partial charge in [0.25, 0.3) is 0 Å². The van der Waals surface area contributed by atoms with Gasteiger partial charge in [-0.3, -0.25) is 9.59 Å². The van der Waals surface area contributed by atoms with Crippen LogP contribution in [0.15, 0.2) is 0 Å². The Morgan fingerprint density at radius 2 is 2.12 bits per heavy atom. The quantitative estimate of drug-likeness (QED) is 0.743. The molecule has 1 aliphatic rings. The number of nitrogens with zero attached hydrogens (tertiary/aromatic N) is 2. The Labute approximate surface area is 95.4 Å². The Hall–Kier alpha value is -1.57. The molecule has 0 heterocycles. The standard InChI is InChI=1S/C11H17N3O2/c1-3-13-9(15)7-14(2)10(16)11(8-12)5-4-6-11/h3-7H2,1-2H3,(H,13,15). The second-order valence-corrected chi connectivity index (χ2v) is 4.16. The lowest BCUT2D eigenvalue weighted by Crippen LogP contribution is -2.48. The second kappa shape index (κ2) is 4.97. The van der Waals surface area contributed by atoms with Crippen LogP contribution in [0.1, 0.15) is 26.2 Å². The number of nitrogens with one attached hydrogen (secondary N) is 1. The highest BCUT2D eigenvalue weighted by Gasteiger charge is 2.46. The van der Waals surface area contributed by atoms with E-state index in [-0.39, 0.29) is 18.4 Å². The largest absolute Gasteiger partial charge is 0.355 e. The number of rotatable bonds is 4. The summed E-state index contributed by atoms with van der Waals surface area (Å²) in [7, 11) is 1.56. The monoisotopic (exact) mass is 223 g/mol. The van der Waals surface area contributed by atoms with Crippen LogP contribution in [-0.4, -0.2) is 36.9 Å². The molecular formula is C11H17N3O2. The van der Waals surface area contributed by atoms with Crippen molar-refractivity contribution in [3.8, 4) is 6.07 Å². The van der Waals surface area contributed by atoms with Crippen molar-refractivity contribution in [1.29, 1.82) is 5.26 Å². The highest BCUT2D eigenvalue weighted by atomic mass is 16.2. The van der Waals surface area contributed by atoms with Gasteiger partial charge in [0.05, 0.1) is 12.6 Å². The fraction of sp³-hybridized carbons (Fsp3) is 0.727. The molecule has 0 radical (unpaired) electrons. The molecule has 5 nitrogen and oxygen atoms in total. The molecule has 0 aromatic rings. The van der Waals surface area contributed by atoms with E-state index in [1.165, 1.54) is 4.90 Å². The van der Waals surface area contributed by atoms with Crippen molar-refractivity contribution in [2.24, 2.45) is 5.41 Å². The molecule has 2 amide bonds. The van der Waals surface area contributed by atoms with Crippen LogP contribution in [-0.2, 0) is 9.59 Å². The van der Waals surface area contributed by atoms with Gasteiger partial charge in [0.2, 0.25) is 11.8 Å². The maximum absolute atomic E-state index is 11.9. The average Bonchev–Trinajstić information content (AvgIpc) is 2.16. The molecule has 0 bridgehead atoms. The smallest absolute Gasteiger partial charge is 0.243 e. The minimum atomic E-state index is -0.860. The first kappa shape index (κ1) is 12.5. The van der Waals surface area contributed by atoms with Gasteiger partial charge < -0.3 is 10.2 Å². The summed E-state index contributed by atoms with van der Waals surface area (Å²) >= 11 is 0. The SMILES string of the molecule is CCNC(=O)CN(C)C(=O)C1(C#N)CCC1. The van der Waals surface area contributed by atoms with Crippen molar-refractivity contribution in [2.45, 2.75) is 26.2 Å². The first-order valence-electron chi connectivity index (χ1n) is 5.49. The van der Waals surface area contributed by atoms with E-state index in [9.17, 15) is 9.59 Å². The highest BCUT2D eigenvalue weighted by molar-refractivity contribution is 5.90. The summed E-state index contributed by atoms with van der Waals surface area (Å²) in [5.41, 5.74) is -0.860. The molecule has 88 valence electrons. The Morgan fingerprint density at radius 1 is 1.50 bits per heavy atom. The highest BCUT2D eigenvalue weighted by Crippen LogP contribution is 2.41. The number of carbonyl (C=O) groups is 2. The van der Waals surface area contributed by atoms with Crippen molar-refractivity contribution < 1.29 is 9.59 Å². The summed E-state index contributed by atoms with van der Waals surface area (Å²) in [5, 5.41) is 11.6. The van der Waals surface area contributed by atoms with E-state index in [1.807, 2.05) is 6.92 Å². The molecule has 1 fully saturated rings. The molecule has 1 aliphatic carbocycles.